The third-order valence-corrected chi connectivity index (χ3v) is 3.72. The minimum atomic E-state index is 0.375. The molecule has 1 aromatic carbocycles. The van der Waals surface area contributed by atoms with Crippen LogP contribution in [0.15, 0.2) is 24.4 Å². The van der Waals surface area contributed by atoms with Gasteiger partial charge in [0.2, 0.25) is 0 Å². The third kappa shape index (κ3) is 1.82. The highest BCUT2D eigenvalue weighted by Gasteiger charge is 2.19. The molecule has 3 rings (SSSR count). The summed E-state index contributed by atoms with van der Waals surface area (Å²) in [4.78, 5) is 0. The van der Waals surface area contributed by atoms with Crippen molar-refractivity contribution in [1.29, 1.82) is 0 Å². The zero-order valence-electron chi connectivity index (χ0n) is 10.5. The van der Waals surface area contributed by atoms with Crippen molar-refractivity contribution in [2.24, 2.45) is 0 Å². The lowest BCUT2D eigenvalue weighted by molar-refractivity contribution is 0.326. The summed E-state index contributed by atoms with van der Waals surface area (Å²) < 4.78 is 7.22. The Balaban J connectivity index is 2.04. The zero-order valence-corrected chi connectivity index (χ0v) is 10.5. The molecule has 1 aliphatic heterocycles. The number of aromatic hydroxyl groups is 1. The van der Waals surface area contributed by atoms with Gasteiger partial charge in [-0.05, 0) is 44.1 Å². The van der Waals surface area contributed by atoms with Crippen molar-refractivity contribution in [2.75, 3.05) is 20.2 Å². The predicted octanol–water partition coefficient (Wildman–Crippen LogP) is 2.28. The zero-order chi connectivity index (χ0) is 12.5. The molecule has 1 fully saturated rings. The van der Waals surface area contributed by atoms with Gasteiger partial charge in [-0.15, -0.1) is 0 Å². The molecule has 0 amide bonds. The van der Waals surface area contributed by atoms with Gasteiger partial charge in [0.15, 0.2) is 5.88 Å². The molecular formula is C14H18N2O2. The largest absolute Gasteiger partial charge is 0.497 e. The predicted molar refractivity (Wildman–Crippen MR) is 71.3 cm³/mol. The smallest absolute Gasteiger partial charge is 0.199 e. The molecule has 0 atom stereocenters. The average molecular weight is 246 g/mol. The summed E-state index contributed by atoms with van der Waals surface area (Å²) >= 11 is 0. The van der Waals surface area contributed by atoms with E-state index in [2.05, 4.69) is 5.32 Å². The number of methoxy groups -OCH3 is 1. The molecule has 1 aromatic heterocycles. The van der Waals surface area contributed by atoms with Gasteiger partial charge in [-0.2, -0.15) is 0 Å². The Hall–Kier alpha value is -1.68. The van der Waals surface area contributed by atoms with Crippen LogP contribution in [0.2, 0.25) is 0 Å². The van der Waals surface area contributed by atoms with Gasteiger partial charge < -0.3 is 19.7 Å². The number of benzene rings is 1. The van der Waals surface area contributed by atoms with Crippen LogP contribution in [0.4, 0.5) is 0 Å². The SMILES string of the molecule is COc1ccc2c(O)n(C3CCNCC3)cc2c1. The fourth-order valence-electron chi connectivity index (χ4n) is 2.69. The van der Waals surface area contributed by atoms with E-state index in [1.807, 2.05) is 29.0 Å². The minimum absolute atomic E-state index is 0.375. The minimum Gasteiger partial charge on any atom is -0.497 e. The summed E-state index contributed by atoms with van der Waals surface area (Å²) in [6.45, 7) is 2.03. The van der Waals surface area contributed by atoms with Gasteiger partial charge in [-0.3, -0.25) is 0 Å². The number of nitrogens with one attached hydrogen (secondary N) is 1. The van der Waals surface area contributed by atoms with Crippen LogP contribution in [0, 0.1) is 0 Å². The standard InChI is InChI=1S/C14H18N2O2/c1-18-12-2-3-13-10(8-12)9-16(14(13)17)11-4-6-15-7-5-11/h2-3,8-9,11,15,17H,4-7H2,1H3. The van der Waals surface area contributed by atoms with E-state index < -0.39 is 0 Å². The van der Waals surface area contributed by atoms with E-state index in [1.54, 1.807) is 7.11 Å². The van der Waals surface area contributed by atoms with Gasteiger partial charge in [0.25, 0.3) is 0 Å². The first kappa shape index (κ1) is 11.4. The van der Waals surface area contributed by atoms with Crippen molar-refractivity contribution in [1.82, 2.24) is 9.88 Å². The van der Waals surface area contributed by atoms with Crippen molar-refractivity contribution < 1.29 is 9.84 Å². The van der Waals surface area contributed by atoms with E-state index in [0.29, 0.717) is 11.9 Å². The topological polar surface area (TPSA) is 46.4 Å². The Morgan fingerprint density at radius 1 is 1.33 bits per heavy atom. The number of hydrogen-bond donors (Lipinski definition) is 2. The van der Waals surface area contributed by atoms with Gasteiger partial charge in [-0.1, -0.05) is 0 Å². The van der Waals surface area contributed by atoms with Crippen molar-refractivity contribution in [3.8, 4) is 11.6 Å². The summed E-state index contributed by atoms with van der Waals surface area (Å²) in [7, 11) is 1.66. The Bertz CT molecular complexity index is 556. The molecule has 0 spiro atoms. The third-order valence-electron chi connectivity index (χ3n) is 3.72. The fourth-order valence-corrected chi connectivity index (χ4v) is 2.69. The molecule has 4 heteroatoms. The quantitative estimate of drug-likeness (QED) is 0.854. The van der Waals surface area contributed by atoms with Gasteiger partial charge in [0.1, 0.15) is 5.75 Å². The molecule has 0 bridgehead atoms. The lowest BCUT2D eigenvalue weighted by Crippen LogP contribution is -2.29. The second kappa shape index (κ2) is 4.53. The summed E-state index contributed by atoms with van der Waals surface area (Å²) in [6.07, 6.45) is 4.15. The van der Waals surface area contributed by atoms with Crippen LogP contribution < -0.4 is 10.1 Å². The number of nitrogens with zero attached hydrogens (tertiary/aromatic N) is 1. The van der Waals surface area contributed by atoms with Crippen LogP contribution in [0.3, 0.4) is 0 Å². The summed E-state index contributed by atoms with van der Waals surface area (Å²) in [5.41, 5.74) is 0. The molecule has 4 nitrogen and oxygen atoms in total. The first-order chi connectivity index (χ1) is 8.79. The number of fused-ring (bicyclic) bond motifs is 1. The van der Waals surface area contributed by atoms with E-state index >= 15 is 0 Å². The first-order valence-corrected chi connectivity index (χ1v) is 6.38. The van der Waals surface area contributed by atoms with Crippen LogP contribution in [0.1, 0.15) is 18.9 Å². The number of aromatic nitrogens is 1. The molecule has 1 aliphatic rings. The molecular weight excluding hydrogens is 228 g/mol. The van der Waals surface area contributed by atoms with Crippen molar-refractivity contribution in [2.45, 2.75) is 18.9 Å². The number of ether oxygens (including phenoxy) is 1. The number of hydrogen-bond acceptors (Lipinski definition) is 3. The van der Waals surface area contributed by atoms with Crippen LogP contribution in [-0.2, 0) is 0 Å². The van der Waals surface area contributed by atoms with Crippen LogP contribution >= 0.6 is 0 Å². The fraction of sp³-hybridized carbons (Fsp3) is 0.429. The molecule has 1 saturated heterocycles. The molecule has 2 heterocycles. The highest BCUT2D eigenvalue weighted by molar-refractivity contribution is 5.89. The second-order valence-electron chi connectivity index (χ2n) is 4.79. The van der Waals surface area contributed by atoms with E-state index in [0.717, 1.165) is 42.5 Å². The number of rotatable bonds is 2. The molecule has 0 radical (unpaired) electrons. The molecule has 2 N–H and O–H groups in total. The maximum absolute atomic E-state index is 10.3. The summed E-state index contributed by atoms with van der Waals surface area (Å²) in [5.74, 6) is 1.20. The Kier molecular flexibility index (Phi) is 2.88. The van der Waals surface area contributed by atoms with Crippen LogP contribution in [0.25, 0.3) is 10.8 Å². The van der Waals surface area contributed by atoms with E-state index in [4.69, 9.17) is 4.74 Å². The normalized spacial score (nSPS) is 17.2. The van der Waals surface area contributed by atoms with E-state index in [9.17, 15) is 5.11 Å². The second-order valence-corrected chi connectivity index (χ2v) is 4.79. The van der Waals surface area contributed by atoms with Crippen molar-refractivity contribution >= 4 is 10.8 Å². The maximum atomic E-state index is 10.3. The van der Waals surface area contributed by atoms with E-state index in [-0.39, 0.29) is 0 Å². The highest BCUT2D eigenvalue weighted by Crippen LogP contribution is 2.34. The Morgan fingerprint density at radius 3 is 2.83 bits per heavy atom. The molecule has 0 unspecified atom stereocenters. The maximum Gasteiger partial charge on any atom is 0.199 e. The van der Waals surface area contributed by atoms with Crippen LogP contribution in [0.5, 0.6) is 11.6 Å². The average Bonchev–Trinajstić information content (AvgIpc) is 2.76. The van der Waals surface area contributed by atoms with Gasteiger partial charge in [-0.25, -0.2) is 0 Å². The molecule has 96 valence electrons. The van der Waals surface area contributed by atoms with E-state index in [1.165, 1.54) is 0 Å². The van der Waals surface area contributed by atoms with Gasteiger partial charge in [0.05, 0.1) is 7.11 Å². The lowest BCUT2D eigenvalue weighted by atomic mass is 10.1. The molecule has 2 aromatic rings. The van der Waals surface area contributed by atoms with Crippen molar-refractivity contribution in [3.05, 3.63) is 24.4 Å². The summed E-state index contributed by atoms with van der Waals surface area (Å²) in [5, 5.41) is 15.6. The Labute approximate surface area is 106 Å². The molecule has 0 aliphatic carbocycles. The first-order valence-electron chi connectivity index (χ1n) is 6.38. The molecule has 18 heavy (non-hydrogen) atoms. The Morgan fingerprint density at radius 2 is 2.11 bits per heavy atom. The van der Waals surface area contributed by atoms with Gasteiger partial charge >= 0.3 is 0 Å². The lowest BCUT2D eigenvalue weighted by Gasteiger charge is -2.24. The summed E-state index contributed by atoms with van der Waals surface area (Å²) in [6, 6.07) is 6.16. The molecule has 0 saturated carbocycles. The highest BCUT2D eigenvalue weighted by atomic mass is 16.5. The van der Waals surface area contributed by atoms with Crippen LogP contribution in [-0.4, -0.2) is 29.9 Å². The van der Waals surface area contributed by atoms with Gasteiger partial charge in [0, 0.05) is 23.0 Å². The van der Waals surface area contributed by atoms with Crippen molar-refractivity contribution in [3.63, 3.8) is 0 Å². The number of piperidine rings is 1. The monoisotopic (exact) mass is 246 g/mol.